The molecule has 1 heterocycles. The van der Waals surface area contributed by atoms with Crippen molar-refractivity contribution in [3.8, 4) is 0 Å². The molecule has 4 heteroatoms. The van der Waals surface area contributed by atoms with E-state index in [1.807, 2.05) is 11.3 Å². The van der Waals surface area contributed by atoms with Gasteiger partial charge in [0.25, 0.3) is 0 Å². The predicted octanol–water partition coefficient (Wildman–Crippen LogP) is 4.07. The van der Waals surface area contributed by atoms with Crippen LogP contribution in [0, 0.1) is 17.8 Å². The van der Waals surface area contributed by atoms with E-state index in [0.717, 1.165) is 24.3 Å². The standard InChI is InChI=1S/C17H27N3S/c1-3-4-18-11(2)15-19-20-16(21-15)17-8-12-5-13(9-17)7-14(6-12)10-17/h11-14,18H,3-10H2,1-2H3. The van der Waals surface area contributed by atoms with Crippen LogP contribution in [-0.4, -0.2) is 16.7 Å². The van der Waals surface area contributed by atoms with Crippen molar-refractivity contribution < 1.29 is 0 Å². The van der Waals surface area contributed by atoms with Crippen LogP contribution < -0.4 is 5.32 Å². The van der Waals surface area contributed by atoms with Crippen molar-refractivity contribution in [2.75, 3.05) is 6.54 Å². The van der Waals surface area contributed by atoms with Gasteiger partial charge in [-0.1, -0.05) is 18.3 Å². The highest BCUT2D eigenvalue weighted by Crippen LogP contribution is 2.61. The third kappa shape index (κ3) is 2.44. The van der Waals surface area contributed by atoms with E-state index in [0.29, 0.717) is 11.5 Å². The average molecular weight is 305 g/mol. The zero-order valence-corrected chi connectivity index (χ0v) is 14.1. The first kappa shape index (κ1) is 14.1. The lowest BCUT2D eigenvalue weighted by molar-refractivity contribution is -0.00555. The highest BCUT2D eigenvalue weighted by molar-refractivity contribution is 7.11. The van der Waals surface area contributed by atoms with Gasteiger partial charge in [-0.05, 0) is 76.2 Å². The summed E-state index contributed by atoms with van der Waals surface area (Å²) in [5, 5.41) is 15.3. The van der Waals surface area contributed by atoms with Crippen LogP contribution >= 0.6 is 11.3 Å². The van der Waals surface area contributed by atoms with Crippen LogP contribution in [0.1, 0.15) is 74.9 Å². The molecule has 0 radical (unpaired) electrons. The Morgan fingerprint density at radius 2 is 1.76 bits per heavy atom. The second kappa shape index (κ2) is 5.31. The first-order chi connectivity index (χ1) is 10.2. The van der Waals surface area contributed by atoms with Gasteiger partial charge in [0, 0.05) is 5.41 Å². The normalized spacial score (nSPS) is 38.9. The third-order valence-corrected chi connectivity index (χ3v) is 7.36. The molecular formula is C17H27N3S. The molecule has 4 fully saturated rings. The Labute approximate surface area is 131 Å². The molecule has 4 aliphatic carbocycles. The molecule has 116 valence electrons. The Morgan fingerprint density at radius 1 is 1.14 bits per heavy atom. The summed E-state index contributed by atoms with van der Waals surface area (Å²) < 4.78 is 0. The smallest absolute Gasteiger partial charge is 0.134 e. The van der Waals surface area contributed by atoms with E-state index in [2.05, 4.69) is 29.4 Å². The van der Waals surface area contributed by atoms with Crippen LogP contribution in [0.25, 0.3) is 0 Å². The molecule has 0 saturated heterocycles. The molecule has 3 nitrogen and oxygen atoms in total. The molecule has 4 bridgehead atoms. The van der Waals surface area contributed by atoms with Gasteiger partial charge in [-0.3, -0.25) is 0 Å². The Morgan fingerprint density at radius 3 is 2.33 bits per heavy atom. The lowest BCUT2D eigenvalue weighted by Gasteiger charge is -2.55. The molecule has 0 amide bonds. The summed E-state index contributed by atoms with van der Waals surface area (Å²) in [4.78, 5) is 0. The van der Waals surface area contributed by atoms with E-state index in [9.17, 15) is 0 Å². The molecule has 0 spiro atoms. The molecule has 0 aliphatic heterocycles. The summed E-state index contributed by atoms with van der Waals surface area (Å²) in [5.41, 5.74) is 0.412. The van der Waals surface area contributed by atoms with E-state index < -0.39 is 0 Å². The van der Waals surface area contributed by atoms with Gasteiger partial charge in [0.15, 0.2) is 0 Å². The van der Waals surface area contributed by atoms with Crippen molar-refractivity contribution in [3.63, 3.8) is 0 Å². The fraction of sp³-hybridized carbons (Fsp3) is 0.882. The van der Waals surface area contributed by atoms with Gasteiger partial charge in [0.1, 0.15) is 10.0 Å². The number of aromatic nitrogens is 2. The fourth-order valence-corrected chi connectivity index (χ4v) is 6.53. The van der Waals surface area contributed by atoms with Gasteiger partial charge in [0.2, 0.25) is 0 Å². The topological polar surface area (TPSA) is 37.8 Å². The summed E-state index contributed by atoms with van der Waals surface area (Å²) >= 11 is 1.90. The minimum Gasteiger partial charge on any atom is -0.308 e. The SMILES string of the molecule is CCCNC(C)c1nnc(C23CC4CC(CC(C4)C2)C3)s1. The highest BCUT2D eigenvalue weighted by Gasteiger charge is 2.53. The average Bonchev–Trinajstić information content (AvgIpc) is 2.94. The molecular weight excluding hydrogens is 278 g/mol. The Balaban J connectivity index is 1.55. The summed E-state index contributed by atoms with van der Waals surface area (Å²) in [7, 11) is 0. The van der Waals surface area contributed by atoms with Crippen LogP contribution in [0.3, 0.4) is 0 Å². The van der Waals surface area contributed by atoms with Crippen LogP contribution in [-0.2, 0) is 5.41 Å². The van der Waals surface area contributed by atoms with Gasteiger partial charge in [0.05, 0.1) is 6.04 Å². The van der Waals surface area contributed by atoms with E-state index in [1.165, 1.54) is 55.0 Å². The summed E-state index contributed by atoms with van der Waals surface area (Å²) in [6.45, 7) is 5.49. The van der Waals surface area contributed by atoms with Gasteiger partial charge < -0.3 is 5.32 Å². The zero-order valence-electron chi connectivity index (χ0n) is 13.3. The summed E-state index contributed by atoms with van der Waals surface area (Å²) in [5.74, 6) is 2.96. The van der Waals surface area contributed by atoms with Crippen molar-refractivity contribution in [1.29, 1.82) is 0 Å². The molecule has 21 heavy (non-hydrogen) atoms. The quantitative estimate of drug-likeness (QED) is 0.891. The molecule has 1 aromatic heterocycles. The van der Waals surface area contributed by atoms with Gasteiger partial charge in [-0.2, -0.15) is 0 Å². The molecule has 1 unspecified atom stereocenters. The third-order valence-electron chi connectivity index (χ3n) is 6.00. The van der Waals surface area contributed by atoms with Crippen LogP contribution in [0.15, 0.2) is 0 Å². The van der Waals surface area contributed by atoms with Crippen molar-refractivity contribution in [3.05, 3.63) is 10.0 Å². The van der Waals surface area contributed by atoms with Gasteiger partial charge in [-0.15, -0.1) is 10.2 Å². The van der Waals surface area contributed by atoms with E-state index in [4.69, 9.17) is 0 Å². The van der Waals surface area contributed by atoms with Crippen molar-refractivity contribution in [2.24, 2.45) is 17.8 Å². The van der Waals surface area contributed by atoms with Gasteiger partial charge in [-0.25, -0.2) is 0 Å². The maximum absolute atomic E-state index is 4.66. The van der Waals surface area contributed by atoms with Crippen molar-refractivity contribution in [1.82, 2.24) is 15.5 Å². The highest BCUT2D eigenvalue weighted by atomic mass is 32.1. The lowest BCUT2D eigenvalue weighted by Crippen LogP contribution is -2.48. The molecule has 4 aliphatic rings. The zero-order chi connectivity index (χ0) is 14.4. The fourth-order valence-electron chi connectivity index (χ4n) is 5.44. The number of hydrogen-bond donors (Lipinski definition) is 1. The van der Waals surface area contributed by atoms with E-state index in [-0.39, 0.29) is 0 Å². The van der Waals surface area contributed by atoms with E-state index in [1.54, 1.807) is 0 Å². The maximum Gasteiger partial charge on any atom is 0.134 e. The van der Waals surface area contributed by atoms with Crippen LogP contribution in [0.5, 0.6) is 0 Å². The van der Waals surface area contributed by atoms with Crippen LogP contribution in [0.2, 0.25) is 0 Å². The molecule has 5 rings (SSSR count). The molecule has 1 aromatic rings. The lowest BCUT2D eigenvalue weighted by atomic mass is 9.50. The van der Waals surface area contributed by atoms with Crippen molar-refractivity contribution in [2.45, 2.75) is 70.3 Å². The van der Waals surface area contributed by atoms with Gasteiger partial charge >= 0.3 is 0 Å². The van der Waals surface area contributed by atoms with E-state index >= 15 is 0 Å². The molecule has 1 atom stereocenters. The second-order valence-electron chi connectivity index (χ2n) is 7.82. The predicted molar refractivity (Wildman–Crippen MR) is 86.5 cm³/mol. The minimum atomic E-state index is 0.352. The first-order valence-corrected chi connectivity index (χ1v) is 9.57. The number of nitrogens with zero attached hydrogens (tertiary/aromatic N) is 2. The number of rotatable bonds is 5. The molecule has 1 N–H and O–H groups in total. The summed E-state index contributed by atoms with van der Waals surface area (Å²) in [6, 6.07) is 0.352. The monoisotopic (exact) mass is 305 g/mol. The largest absolute Gasteiger partial charge is 0.308 e. The Kier molecular flexibility index (Phi) is 3.57. The number of nitrogens with one attached hydrogen (secondary N) is 1. The Hall–Kier alpha value is -0.480. The maximum atomic E-state index is 4.66. The number of hydrogen-bond acceptors (Lipinski definition) is 4. The Bertz CT molecular complexity index is 475. The first-order valence-electron chi connectivity index (χ1n) is 8.76. The van der Waals surface area contributed by atoms with Crippen molar-refractivity contribution >= 4 is 11.3 Å². The van der Waals surface area contributed by atoms with Crippen LogP contribution in [0.4, 0.5) is 0 Å². The molecule has 4 saturated carbocycles. The second-order valence-corrected chi connectivity index (χ2v) is 8.83. The minimum absolute atomic E-state index is 0.352. The molecule has 0 aromatic carbocycles. The summed E-state index contributed by atoms with van der Waals surface area (Å²) in [6.07, 6.45) is 9.85.